The van der Waals surface area contributed by atoms with Gasteiger partial charge in [-0.15, -0.1) is 0 Å². The SMILES string of the molecule is N#CNC1=NC(c2cccc(OCc3cc(F)cc(F)c3)c2)c2c(nc(N)c(C#N)c2N)N1. The fraction of sp³-hybridized carbons (Fsp3) is 0.0909. The molecule has 0 saturated carbocycles. The van der Waals surface area contributed by atoms with E-state index in [2.05, 4.69) is 20.6 Å². The van der Waals surface area contributed by atoms with Crippen LogP contribution in [0, 0.1) is 34.4 Å². The zero-order valence-corrected chi connectivity index (χ0v) is 16.9. The van der Waals surface area contributed by atoms with E-state index in [0.717, 1.165) is 6.07 Å². The van der Waals surface area contributed by atoms with E-state index >= 15 is 0 Å². The van der Waals surface area contributed by atoms with E-state index in [4.69, 9.17) is 21.5 Å². The molecule has 0 fully saturated rings. The van der Waals surface area contributed by atoms with Crippen molar-refractivity contribution in [2.24, 2.45) is 4.99 Å². The van der Waals surface area contributed by atoms with E-state index in [-0.39, 0.29) is 35.5 Å². The number of hydrogen-bond donors (Lipinski definition) is 4. The highest BCUT2D eigenvalue weighted by atomic mass is 19.1. The molecule has 0 saturated heterocycles. The first-order valence-electron chi connectivity index (χ1n) is 9.56. The summed E-state index contributed by atoms with van der Waals surface area (Å²) in [6, 6.07) is 11.1. The number of nitrogens with one attached hydrogen (secondary N) is 2. The van der Waals surface area contributed by atoms with E-state index in [9.17, 15) is 14.0 Å². The number of benzene rings is 2. The Labute approximate surface area is 186 Å². The van der Waals surface area contributed by atoms with Gasteiger partial charge in [-0.2, -0.15) is 10.5 Å². The second-order valence-corrected chi connectivity index (χ2v) is 7.04. The summed E-state index contributed by atoms with van der Waals surface area (Å²) in [5.41, 5.74) is 13.6. The van der Waals surface area contributed by atoms with E-state index < -0.39 is 17.7 Å². The molecule has 1 aliphatic rings. The van der Waals surface area contributed by atoms with Crippen molar-refractivity contribution >= 4 is 23.3 Å². The molecule has 0 amide bonds. The largest absolute Gasteiger partial charge is 0.489 e. The first-order valence-corrected chi connectivity index (χ1v) is 9.56. The second kappa shape index (κ2) is 8.69. The van der Waals surface area contributed by atoms with E-state index in [0.29, 0.717) is 22.4 Å². The van der Waals surface area contributed by atoms with Gasteiger partial charge in [0.15, 0.2) is 6.19 Å². The molecule has 6 N–H and O–H groups in total. The molecular formula is C22H16F2N8O. The molecule has 11 heteroatoms. The van der Waals surface area contributed by atoms with Crippen molar-refractivity contribution < 1.29 is 13.5 Å². The average Bonchev–Trinajstić information content (AvgIpc) is 2.77. The number of nitrogens with two attached hydrogens (primary N) is 2. The molecule has 0 radical (unpaired) electrons. The summed E-state index contributed by atoms with van der Waals surface area (Å²) in [4.78, 5) is 8.68. The Balaban J connectivity index is 1.71. The molecule has 0 spiro atoms. The number of fused-ring (bicyclic) bond motifs is 1. The summed E-state index contributed by atoms with van der Waals surface area (Å²) in [5, 5.41) is 23.7. The maximum atomic E-state index is 13.4. The van der Waals surface area contributed by atoms with Crippen LogP contribution in [0.4, 0.5) is 26.1 Å². The number of nitrogens with zero attached hydrogens (tertiary/aromatic N) is 4. The van der Waals surface area contributed by atoms with Crippen molar-refractivity contribution in [2.75, 3.05) is 16.8 Å². The number of pyridine rings is 1. The van der Waals surface area contributed by atoms with Crippen LogP contribution >= 0.6 is 0 Å². The smallest absolute Gasteiger partial charge is 0.211 e. The molecule has 2 aromatic carbocycles. The van der Waals surface area contributed by atoms with Gasteiger partial charge in [0.05, 0.1) is 5.69 Å². The molecule has 1 aromatic heterocycles. The Bertz CT molecular complexity index is 1340. The molecule has 0 bridgehead atoms. The predicted molar refractivity (Wildman–Crippen MR) is 117 cm³/mol. The lowest BCUT2D eigenvalue weighted by Crippen LogP contribution is -2.32. The van der Waals surface area contributed by atoms with Gasteiger partial charge in [-0.05, 0) is 35.4 Å². The minimum atomic E-state index is -0.743. The van der Waals surface area contributed by atoms with Crippen LogP contribution in [0.15, 0.2) is 47.5 Å². The lowest BCUT2D eigenvalue weighted by atomic mass is 9.95. The monoisotopic (exact) mass is 446 g/mol. The number of nitriles is 2. The van der Waals surface area contributed by atoms with Crippen LogP contribution in [0.5, 0.6) is 5.75 Å². The van der Waals surface area contributed by atoms with Crippen LogP contribution < -0.4 is 26.8 Å². The van der Waals surface area contributed by atoms with Gasteiger partial charge in [0.2, 0.25) is 5.96 Å². The van der Waals surface area contributed by atoms with Crippen LogP contribution in [0.3, 0.4) is 0 Å². The Hall–Kier alpha value is -4.90. The van der Waals surface area contributed by atoms with Crippen molar-refractivity contribution in [2.45, 2.75) is 12.6 Å². The number of ether oxygens (including phenoxy) is 1. The van der Waals surface area contributed by atoms with E-state index in [1.165, 1.54) is 12.1 Å². The van der Waals surface area contributed by atoms with Gasteiger partial charge in [-0.3, -0.25) is 5.32 Å². The molecule has 164 valence electrons. The summed E-state index contributed by atoms with van der Waals surface area (Å²) in [7, 11) is 0. The average molecular weight is 446 g/mol. The van der Waals surface area contributed by atoms with Gasteiger partial charge in [-0.25, -0.2) is 18.8 Å². The number of hydrogen-bond acceptors (Lipinski definition) is 9. The third-order valence-electron chi connectivity index (χ3n) is 4.86. The molecule has 3 aromatic rings. The van der Waals surface area contributed by atoms with Gasteiger partial charge in [0, 0.05) is 11.6 Å². The maximum Gasteiger partial charge on any atom is 0.211 e. The highest BCUT2D eigenvalue weighted by Gasteiger charge is 2.29. The van der Waals surface area contributed by atoms with Crippen LogP contribution in [0.2, 0.25) is 0 Å². The second-order valence-electron chi connectivity index (χ2n) is 7.04. The quantitative estimate of drug-likeness (QED) is 0.352. The standard InChI is InChI=1S/C22H16F2N8O/c23-13-4-11(5-14(24)7-13)9-33-15-3-1-2-12(6-15)19-17-18(27)16(8-25)20(28)31-21(17)32-22(30-19)29-10-26/h1-7,19H,9H2,(H6,27,28,29,30,31,32). The maximum absolute atomic E-state index is 13.4. The number of halogens is 2. The first-order chi connectivity index (χ1) is 15.9. The van der Waals surface area contributed by atoms with Crippen LogP contribution in [0.25, 0.3) is 0 Å². The van der Waals surface area contributed by atoms with Gasteiger partial charge in [-0.1, -0.05) is 12.1 Å². The van der Waals surface area contributed by atoms with Gasteiger partial charge < -0.3 is 21.5 Å². The van der Waals surface area contributed by atoms with Crippen molar-refractivity contribution in [3.63, 3.8) is 0 Å². The van der Waals surface area contributed by atoms with Gasteiger partial charge >= 0.3 is 0 Å². The molecule has 2 heterocycles. The van der Waals surface area contributed by atoms with Crippen LogP contribution in [-0.4, -0.2) is 10.9 Å². The zero-order valence-electron chi connectivity index (χ0n) is 16.9. The number of anilines is 3. The highest BCUT2D eigenvalue weighted by molar-refractivity contribution is 5.98. The van der Waals surface area contributed by atoms with Crippen molar-refractivity contribution in [3.05, 3.63) is 76.4 Å². The molecule has 0 aliphatic carbocycles. The van der Waals surface area contributed by atoms with Gasteiger partial charge in [0.1, 0.15) is 53.3 Å². The third kappa shape index (κ3) is 4.29. The van der Waals surface area contributed by atoms with Crippen LogP contribution in [-0.2, 0) is 6.61 Å². The van der Waals surface area contributed by atoms with Crippen molar-refractivity contribution in [1.82, 2.24) is 10.3 Å². The van der Waals surface area contributed by atoms with E-state index in [1.807, 2.05) is 6.07 Å². The number of nitrogen functional groups attached to an aromatic ring is 2. The molecular weight excluding hydrogens is 430 g/mol. The Morgan fingerprint density at radius 3 is 2.58 bits per heavy atom. The minimum Gasteiger partial charge on any atom is -0.489 e. The normalized spacial score (nSPS) is 14.2. The van der Waals surface area contributed by atoms with Gasteiger partial charge in [0.25, 0.3) is 0 Å². The summed E-state index contributed by atoms with van der Waals surface area (Å²) in [5.74, 6) is -0.676. The number of aliphatic imine (C=N–C) groups is 1. The summed E-state index contributed by atoms with van der Waals surface area (Å²) in [6.45, 7) is -0.0652. The van der Waals surface area contributed by atoms with Crippen molar-refractivity contribution in [1.29, 1.82) is 10.5 Å². The summed E-state index contributed by atoms with van der Waals surface area (Å²) in [6.07, 6.45) is 1.78. The number of guanidine groups is 1. The molecule has 1 atom stereocenters. The van der Waals surface area contributed by atoms with Crippen LogP contribution in [0.1, 0.15) is 28.3 Å². The number of rotatable bonds is 4. The molecule has 1 aliphatic heterocycles. The third-order valence-corrected chi connectivity index (χ3v) is 4.86. The molecule has 9 nitrogen and oxygen atoms in total. The number of aromatic nitrogens is 1. The Morgan fingerprint density at radius 2 is 1.88 bits per heavy atom. The molecule has 1 unspecified atom stereocenters. The lowest BCUT2D eigenvalue weighted by molar-refractivity contribution is 0.304. The first kappa shape index (κ1) is 21.3. The Kier molecular flexibility index (Phi) is 5.62. The summed E-state index contributed by atoms with van der Waals surface area (Å²) < 4.78 is 32.6. The fourth-order valence-corrected chi connectivity index (χ4v) is 3.46. The molecule has 4 rings (SSSR count). The Morgan fingerprint density at radius 1 is 1.12 bits per heavy atom. The zero-order chi connectivity index (χ0) is 23.5. The fourth-order valence-electron chi connectivity index (χ4n) is 3.46. The van der Waals surface area contributed by atoms with E-state index in [1.54, 1.807) is 30.5 Å². The topological polar surface area (TPSA) is 158 Å². The predicted octanol–water partition coefficient (Wildman–Crippen LogP) is 2.92. The highest BCUT2D eigenvalue weighted by Crippen LogP contribution is 2.41. The lowest BCUT2D eigenvalue weighted by Gasteiger charge is -2.26. The molecule has 33 heavy (non-hydrogen) atoms. The van der Waals surface area contributed by atoms with Crippen molar-refractivity contribution in [3.8, 4) is 18.0 Å². The summed E-state index contributed by atoms with van der Waals surface area (Å²) >= 11 is 0. The minimum absolute atomic E-state index is 0.0213.